The normalized spacial score (nSPS) is 25.4. The van der Waals surface area contributed by atoms with Crippen molar-refractivity contribution >= 4 is 11.9 Å². The van der Waals surface area contributed by atoms with Gasteiger partial charge in [-0.3, -0.25) is 4.79 Å². The van der Waals surface area contributed by atoms with Crippen LogP contribution in [0.1, 0.15) is 67.4 Å². The van der Waals surface area contributed by atoms with E-state index in [9.17, 15) is 9.90 Å². The predicted molar refractivity (Wildman–Crippen MR) is 88.1 cm³/mol. The first kappa shape index (κ1) is 16.2. The van der Waals surface area contributed by atoms with Gasteiger partial charge in [-0.05, 0) is 44.4 Å². The number of carbonyl (C=O) groups is 1. The molecule has 1 heterocycles. The van der Waals surface area contributed by atoms with Crippen molar-refractivity contribution < 1.29 is 9.90 Å². The lowest BCUT2D eigenvalue weighted by molar-refractivity contribution is 0.0987. The summed E-state index contributed by atoms with van der Waals surface area (Å²) in [5, 5.41) is 13.2. The van der Waals surface area contributed by atoms with Gasteiger partial charge in [-0.2, -0.15) is 0 Å². The van der Waals surface area contributed by atoms with Crippen molar-refractivity contribution in [3.8, 4) is 0 Å². The minimum Gasteiger partial charge on any atom is -0.393 e. The molecule has 6 heteroatoms. The number of primary amides is 1. The van der Waals surface area contributed by atoms with Crippen LogP contribution < -0.4 is 11.1 Å². The van der Waals surface area contributed by atoms with Crippen LogP contribution in [0.15, 0.2) is 6.20 Å². The van der Waals surface area contributed by atoms with Gasteiger partial charge in [-0.1, -0.05) is 19.3 Å². The Bertz CT molecular complexity index is 558. The number of anilines is 1. The summed E-state index contributed by atoms with van der Waals surface area (Å²) in [6, 6.07) is 0.429. The number of carbonyl (C=O) groups excluding carboxylic acids is 1. The molecule has 1 amide bonds. The zero-order chi connectivity index (χ0) is 16.2. The Balaban J connectivity index is 1.75. The first-order valence-corrected chi connectivity index (χ1v) is 8.72. The van der Waals surface area contributed by atoms with Gasteiger partial charge in [-0.25, -0.2) is 9.97 Å². The number of aliphatic hydroxyl groups is 1. The van der Waals surface area contributed by atoms with Crippen molar-refractivity contribution in [3.63, 3.8) is 0 Å². The average Bonchev–Trinajstić information content (AvgIpc) is 3.00. The van der Waals surface area contributed by atoms with Gasteiger partial charge in [0.25, 0.3) is 5.91 Å². The van der Waals surface area contributed by atoms with Crippen molar-refractivity contribution in [1.82, 2.24) is 9.97 Å². The number of hydrogen-bond donors (Lipinski definition) is 3. The second-order valence-electron chi connectivity index (χ2n) is 6.93. The standard InChI is InChI=1S/C17H26N4O2/c18-16(23)14-10-19-17(20-12-5-1-2-6-12)21-15(14)9-11-4-3-7-13(22)8-11/h10-13,22H,1-9H2,(H2,18,23)(H,19,20,21)/t11-,13+/m1/s1. The highest BCUT2D eigenvalue weighted by molar-refractivity contribution is 5.93. The number of amides is 1. The first-order valence-electron chi connectivity index (χ1n) is 8.72. The smallest absolute Gasteiger partial charge is 0.252 e. The van der Waals surface area contributed by atoms with Crippen molar-refractivity contribution in [2.75, 3.05) is 5.32 Å². The Morgan fingerprint density at radius 3 is 2.74 bits per heavy atom. The Labute approximate surface area is 136 Å². The number of nitrogens with one attached hydrogen (secondary N) is 1. The number of nitrogens with two attached hydrogens (primary N) is 1. The van der Waals surface area contributed by atoms with E-state index in [0.29, 0.717) is 35.6 Å². The van der Waals surface area contributed by atoms with E-state index in [1.54, 1.807) is 6.20 Å². The second kappa shape index (κ2) is 7.25. The molecular formula is C17H26N4O2. The number of aromatic nitrogens is 2. The van der Waals surface area contributed by atoms with Crippen LogP contribution in [0.3, 0.4) is 0 Å². The van der Waals surface area contributed by atoms with E-state index in [-0.39, 0.29) is 6.10 Å². The zero-order valence-corrected chi connectivity index (χ0v) is 13.5. The lowest BCUT2D eigenvalue weighted by atomic mass is 9.84. The molecule has 23 heavy (non-hydrogen) atoms. The fourth-order valence-electron chi connectivity index (χ4n) is 3.82. The highest BCUT2D eigenvalue weighted by atomic mass is 16.3. The summed E-state index contributed by atoms with van der Waals surface area (Å²) in [6.45, 7) is 0. The van der Waals surface area contributed by atoms with Crippen LogP contribution in [-0.4, -0.2) is 33.1 Å². The van der Waals surface area contributed by atoms with Crippen LogP contribution in [0.5, 0.6) is 0 Å². The van der Waals surface area contributed by atoms with E-state index < -0.39 is 5.91 Å². The van der Waals surface area contributed by atoms with E-state index in [2.05, 4.69) is 15.3 Å². The van der Waals surface area contributed by atoms with Crippen LogP contribution in [0.4, 0.5) is 5.95 Å². The van der Waals surface area contributed by atoms with Gasteiger partial charge in [-0.15, -0.1) is 0 Å². The molecule has 4 N–H and O–H groups in total. The molecule has 0 aliphatic heterocycles. The van der Waals surface area contributed by atoms with Crippen LogP contribution in [0.2, 0.25) is 0 Å². The van der Waals surface area contributed by atoms with Gasteiger partial charge < -0.3 is 16.2 Å². The molecule has 6 nitrogen and oxygen atoms in total. The molecule has 2 fully saturated rings. The minimum absolute atomic E-state index is 0.233. The molecular weight excluding hydrogens is 292 g/mol. The molecule has 2 aliphatic rings. The van der Waals surface area contributed by atoms with Crippen molar-refractivity contribution in [3.05, 3.63) is 17.5 Å². The number of aliphatic hydroxyl groups excluding tert-OH is 1. The van der Waals surface area contributed by atoms with Gasteiger partial charge in [0.05, 0.1) is 17.4 Å². The molecule has 126 valence electrons. The van der Waals surface area contributed by atoms with Gasteiger partial charge >= 0.3 is 0 Å². The molecule has 0 spiro atoms. The molecule has 0 saturated heterocycles. The summed E-state index contributed by atoms with van der Waals surface area (Å²) in [7, 11) is 0. The number of hydrogen-bond acceptors (Lipinski definition) is 5. The number of rotatable bonds is 5. The monoisotopic (exact) mass is 318 g/mol. The van der Waals surface area contributed by atoms with E-state index in [4.69, 9.17) is 5.73 Å². The third kappa shape index (κ3) is 4.19. The summed E-state index contributed by atoms with van der Waals surface area (Å²) < 4.78 is 0. The van der Waals surface area contributed by atoms with Crippen molar-refractivity contribution in [1.29, 1.82) is 0 Å². The summed E-state index contributed by atoms with van der Waals surface area (Å²) in [4.78, 5) is 20.5. The molecule has 1 aromatic heterocycles. The maximum atomic E-state index is 11.7. The summed E-state index contributed by atoms with van der Waals surface area (Å²) in [5.41, 5.74) is 6.59. The summed E-state index contributed by atoms with van der Waals surface area (Å²) in [5.74, 6) is 0.461. The van der Waals surface area contributed by atoms with E-state index in [0.717, 1.165) is 38.5 Å². The Morgan fingerprint density at radius 2 is 2.04 bits per heavy atom. The fraction of sp³-hybridized carbons (Fsp3) is 0.706. The lowest BCUT2D eigenvalue weighted by Crippen LogP contribution is -2.24. The Morgan fingerprint density at radius 1 is 1.26 bits per heavy atom. The fourth-order valence-corrected chi connectivity index (χ4v) is 3.82. The average molecular weight is 318 g/mol. The SMILES string of the molecule is NC(=O)c1cnc(NC2CCCC2)nc1C[C@@H]1CCC[C@H](O)C1. The maximum absolute atomic E-state index is 11.7. The van der Waals surface area contributed by atoms with Crippen LogP contribution in [-0.2, 0) is 6.42 Å². The third-order valence-corrected chi connectivity index (χ3v) is 5.06. The van der Waals surface area contributed by atoms with Gasteiger partial charge in [0.15, 0.2) is 0 Å². The Kier molecular flexibility index (Phi) is 5.10. The minimum atomic E-state index is -0.483. The van der Waals surface area contributed by atoms with Crippen LogP contribution in [0.25, 0.3) is 0 Å². The van der Waals surface area contributed by atoms with E-state index in [1.807, 2.05) is 0 Å². The molecule has 2 saturated carbocycles. The molecule has 0 aromatic carbocycles. The molecule has 3 rings (SSSR count). The predicted octanol–water partition coefficient (Wildman–Crippen LogP) is 2.02. The van der Waals surface area contributed by atoms with Crippen LogP contribution in [0, 0.1) is 5.92 Å². The van der Waals surface area contributed by atoms with Gasteiger partial charge in [0.1, 0.15) is 0 Å². The molecule has 0 unspecified atom stereocenters. The summed E-state index contributed by atoms with van der Waals surface area (Å²) >= 11 is 0. The molecule has 0 radical (unpaired) electrons. The topological polar surface area (TPSA) is 101 Å². The maximum Gasteiger partial charge on any atom is 0.252 e. The Hall–Kier alpha value is -1.69. The lowest BCUT2D eigenvalue weighted by Gasteiger charge is -2.26. The quantitative estimate of drug-likeness (QED) is 0.771. The van der Waals surface area contributed by atoms with Gasteiger partial charge in [0.2, 0.25) is 5.95 Å². The molecule has 0 bridgehead atoms. The van der Waals surface area contributed by atoms with Gasteiger partial charge in [0, 0.05) is 12.2 Å². The first-order chi connectivity index (χ1) is 11.1. The zero-order valence-electron chi connectivity index (χ0n) is 13.5. The third-order valence-electron chi connectivity index (χ3n) is 5.06. The molecule has 2 atom stereocenters. The summed E-state index contributed by atoms with van der Waals surface area (Å²) in [6.07, 6.45) is 10.5. The van der Waals surface area contributed by atoms with Crippen molar-refractivity contribution in [2.24, 2.45) is 11.7 Å². The van der Waals surface area contributed by atoms with Crippen LogP contribution >= 0.6 is 0 Å². The molecule has 1 aromatic rings. The number of nitrogens with zero attached hydrogens (tertiary/aromatic N) is 2. The highest BCUT2D eigenvalue weighted by Crippen LogP contribution is 2.28. The van der Waals surface area contributed by atoms with E-state index in [1.165, 1.54) is 12.8 Å². The van der Waals surface area contributed by atoms with E-state index >= 15 is 0 Å². The largest absolute Gasteiger partial charge is 0.393 e. The van der Waals surface area contributed by atoms with Crippen molar-refractivity contribution in [2.45, 2.75) is 69.9 Å². The molecule has 2 aliphatic carbocycles. The highest BCUT2D eigenvalue weighted by Gasteiger charge is 2.24. The second-order valence-corrected chi connectivity index (χ2v) is 6.93.